The van der Waals surface area contributed by atoms with E-state index in [0.29, 0.717) is 6.61 Å². The molecule has 17 heavy (non-hydrogen) atoms. The summed E-state index contributed by atoms with van der Waals surface area (Å²) in [7, 11) is 0. The summed E-state index contributed by atoms with van der Waals surface area (Å²) in [5.41, 5.74) is 0. The fourth-order valence-electron chi connectivity index (χ4n) is 1.71. The van der Waals surface area contributed by atoms with Crippen LogP contribution in [-0.2, 0) is 0 Å². The minimum Gasteiger partial charge on any atom is -0.494 e. The van der Waals surface area contributed by atoms with Crippen molar-refractivity contribution in [1.82, 2.24) is 0 Å². The van der Waals surface area contributed by atoms with Crippen molar-refractivity contribution in [3.05, 3.63) is 30.3 Å². The van der Waals surface area contributed by atoms with Crippen molar-refractivity contribution in [3.63, 3.8) is 0 Å². The Morgan fingerprint density at radius 2 is 2.00 bits per heavy atom. The van der Waals surface area contributed by atoms with Gasteiger partial charge in [-0.25, -0.2) is 0 Å². The molecular weight excluding hydrogens is 210 g/mol. The van der Waals surface area contributed by atoms with Crippen molar-refractivity contribution < 1.29 is 4.74 Å². The average molecular weight is 230 g/mol. The van der Waals surface area contributed by atoms with Crippen LogP contribution in [0.25, 0.3) is 0 Å². The van der Waals surface area contributed by atoms with Crippen LogP contribution in [-0.4, -0.2) is 6.61 Å². The normalized spacial score (nSPS) is 11.8. The van der Waals surface area contributed by atoms with Gasteiger partial charge in [-0.3, -0.25) is 0 Å². The summed E-state index contributed by atoms with van der Waals surface area (Å²) in [4.78, 5) is 0. The highest BCUT2D eigenvalue weighted by atomic mass is 16.5. The zero-order valence-electron chi connectivity index (χ0n) is 10.5. The van der Waals surface area contributed by atoms with Gasteiger partial charge in [0.25, 0.3) is 0 Å². The molecule has 1 aromatic carbocycles. The zero-order chi connectivity index (χ0) is 12.3. The van der Waals surface area contributed by atoms with Crippen LogP contribution in [0.2, 0.25) is 0 Å². The molecule has 1 atom stereocenters. The molecule has 91 valence electrons. The second kappa shape index (κ2) is 8.64. The minimum absolute atomic E-state index is 0.197. The van der Waals surface area contributed by atoms with Gasteiger partial charge in [-0.1, -0.05) is 31.9 Å². The molecule has 0 bridgehead atoms. The van der Waals surface area contributed by atoms with Crippen LogP contribution in [0, 0.1) is 23.3 Å². The van der Waals surface area contributed by atoms with E-state index in [1.54, 1.807) is 0 Å². The molecule has 1 unspecified atom stereocenters. The molecule has 1 aromatic rings. The summed E-state index contributed by atoms with van der Waals surface area (Å²) in [5.74, 6) is 1.08. The van der Waals surface area contributed by atoms with Crippen molar-refractivity contribution >= 4 is 0 Å². The lowest BCUT2D eigenvalue weighted by atomic mass is 9.99. The third-order valence-electron chi connectivity index (χ3n) is 2.74. The first-order valence-corrected chi connectivity index (χ1v) is 6.35. The molecule has 2 heteroatoms. The van der Waals surface area contributed by atoms with Gasteiger partial charge >= 0.3 is 0 Å². The van der Waals surface area contributed by atoms with Crippen LogP contribution < -0.4 is 4.74 Å². The highest BCUT2D eigenvalue weighted by Gasteiger charge is 2.06. The van der Waals surface area contributed by atoms with Gasteiger partial charge in [0.1, 0.15) is 5.75 Å². The predicted molar refractivity (Wildman–Crippen MR) is 68.6 cm³/mol. The van der Waals surface area contributed by atoms with Gasteiger partial charge in [0.15, 0.2) is 0 Å². The lowest BCUT2D eigenvalue weighted by molar-refractivity contribution is 0.297. The Labute approximate surface area is 104 Å². The first-order valence-electron chi connectivity index (χ1n) is 6.35. The van der Waals surface area contributed by atoms with Crippen LogP contribution in [0.3, 0.4) is 0 Å². The van der Waals surface area contributed by atoms with E-state index in [9.17, 15) is 0 Å². The molecule has 0 fully saturated rings. The van der Waals surface area contributed by atoms with E-state index in [1.807, 2.05) is 24.3 Å². The fourth-order valence-corrected chi connectivity index (χ4v) is 1.71. The number of nitriles is 1. The third kappa shape index (κ3) is 5.97. The SMILES string of the molecule is CCCCC(C#N)CCCOc1cc[c]cc1. The molecule has 0 amide bonds. The summed E-state index contributed by atoms with van der Waals surface area (Å²) in [6, 6.07) is 12.8. The van der Waals surface area contributed by atoms with Crippen molar-refractivity contribution in [2.24, 2.45) is 5.92 Å². The molecule has 0 aliphatic carbocycles. The van der Waals surface area contributed by atoms with E-state index in [-0.39, 0.29) is 5.92 Å². The maximum Gasteiger partial charge on any atom is 0.119 e. The minimum atomic E-state index is 0.197. The number of unbranched alkanes of at least 4 members (excludes halogenated alkanes) is 1. The first kappa shape index (κ1) is 13.6. The monoisotopic (exact) mass is 230 g/mol. The third-order valence-corrected chi connectivity index (χ3v) is 2.74. The molecule has 0 saturated carbocycles. The lowest BCUT2D eigenvalue weighted by Gasteiger charge is -2.09. The smallest absolute Gasteiger partial charge is 0.119 e. The van der Waals surface area contributed by atoms with Crippen LogP contribution >= 0.6 is 0 Å². The number of hydrogen-bond donors (Lipinski definition) is 0. The Balaban J connectivity index is 2.13. The Kier molecular flexibility index (Phi) is 6.90. The van der Waals surface area contributed by atoms with E-state index in [0.717, 1.165) is 37.9 Å². The molecule has 2 nitrogen and oxygen atoms in total. The van der Waals surface area contributed by atoms with Gasteiger partial charge in [0.05, 0.1) is 12.7 Å². The molecular formula is C15H20NO. The van der Waals surface area contributed by atoms with Gasteiger partial charge < -0.3 is 4.74 Å². The van der Waals surface area contributed by atoms with E-state index in [4.69, 9.17) is 10.00 Å². The van der Waals surface area contributed by atoms with Crippen LogP contribution in [0.1, 0.15) is 39.0 Å². The number of nitrogens with zero attached hydrogens (tertiary/aromatic N) is 1. The zero-order valence-corrected chi connectivity index (χ0v) is 10.5. The Morgan fingerprint density at radius 3 is 2.65 bits per heavy atom. The van der Waals surface area contributed by atoms with Crippen LogP contribution in [0.4, 0.5) is 0 Å². The molecule has 1 rings (SSSR count). The van der Waals surface area contributed by atoms with Gasteiger partial charge in [0, 0.05) is 5.92 Å². The van der Waals surface area contributed by atoms with Crippen LogP contribution in [0.15, 0.2) is 24.3 Å². The maximum atomic E-state index is 8.97. The second-order valence-corrected chi connectivity index (χ2v) is 4.19. The summed E-state index contributed by atoms with van der Waals surface area (Å²) < 4.78 is 5.58. The fraction of sp³-hybridized carbons (Fsp3) is 0.533. The van der Waals surface area contributed by atoms with Gasteiger partial charge in [-0.15, -0.1) is 0 Å². The molecule has 0 spiro atoms. The van der Waals surface area contributed by atoms with Crippen molar-refractivity contribution in [3.8, 4) is 11.8 Å². The number of ether oxygens (including phenoxy) is 1. The second-order valence-electron chi connectivity index (χ2n) is 4.19. The molecule has 0 aliphatic rings. The summed E-state index contributed by atoms with van der Waals surface area (Å²) >= 11 is 0. The summed E-state index contributed by atoms with van der Waals surface area (Å²) in [5, 5.41) is 8.97. The van der Waals surface area contributed by atoms with Gasteiger partial charge in [-0.05, 0) is 37.5 Å². The largest absolute Gasteiger partial charge is 0.494 e. The van der Waals surface area contributed by atoms with Gasteiger partial charge in [-0.2, -0.15) is 5.26 Å². The predicted octanol–water partition coefficient (Wildman–Crippen LogP) is 3.98. The quantitative estimate of drug-likeness (QED) is 0.633. The van der Waals surface area contributed by atoms with E-state index in [1.165, 1.54) is 0 Å². The first-order chi connectivity index (χ1) is 8.36. The molecule has 0 saturated heterocycles. The van der Waals surface area contributed by atoms with Crippen molar-refractivity contribution in [1.29, 1.82) is 5.26 Å². The highest BCUT2D eigenvalue weighted by molar-refractivity contribution is 5.20. The summed E-state index contributed by atoms with van der Waals surface area (Å²) in [6.07, 6.45) is 5.21. The molecule has 0 aliphatic heterocycles. The number of hydrogen-bond acceptors (Lipinski definition) is 2. The molecule has 0 N–H and O–H groups in total. The van der Waals surface area contributed by atoms with Crippen molar-refractivity contribution in [2.75, 3.05) is 6.61 Å². The Bertz CT molecular complexity index is 329. The standard InChI is InChI=1S/C15H20NO/c1-2-3-8-14(13-16)9-7-12-17-15-10-5-4-6-11-15/h5-6,10-11,14H,2-3,7-9,12H2,1H3. The highest BCUT2D eigenvalue weighted by Crippen LogP contribution is 2.15. The number of benzene rings is 1. The van der Waals surface area contributed by atoms with E-state index < -0.39 is 0 Å². The van der Waals surface area contributed by atoms with Crippen molar-refractivity contribution in [2.45, 2.75) is 39.0 Å². The summed E-state index contributed by atoms with van der Waals surface area (Å²) in [6.45, 7) is 2.85. The number of rotatable bonds is 8. The van der Waals surface area contributed by atoms with E-state index >= 15 is 0 Å². The van der Waals surface area contributed by atoms with Gasteiger partial charge in [0.2, 0.25) is 0 Å². The average Bonchev–Trinajstić information content (AvgIpc) is 2.39. The van der Waals surface area contributed by atoms with E-state index in [2.05, 4.69) is 19.1 Å². The van der Waals surface area contributed by atoms with Crippen LogP contribution in [0.5, 0.6) is 5.75 Å². The Hall–Kier alpha value is -1.49. The topological polar surface area (TPSA) is 33.0 Å². The molecule has 0 heterocycles. The molecule has 0 aromatic heterocycles. The molecule has 1 radical (unpaired) electrons. The maximum absolute atomic E-state index is 8.97. The lowest BCUT2D eigenvalue weighted by Crippen LogP contribution is -2.02. The Morgan fingerprint density at radius 1 is 1.29 bits per heavy atom.